The van der Waals surface area contributed by atoms with Gasteiger partial charge in [-0.15, -0.1) is 0 Å². The van der Waals surface area contributed by atoms with E-state index in [0.29, 0.717) is 0 Å². The number of ketones is 1. The third-order valence-electron chi connectivity index (χ3n) is 0.959. The molecule has 0 unspecified atom stereocenters. The van der Waals surface area contributed by atoms with Crippen molar-refractivity contribution in [1.82, 2.24) is 0 Å². The summed E-state index contributed by atoms with van der Waals surface area (Å²) in [6.45, 7) is -0.749. The molecule has 0 aromatic carbocycles. The maximum atomic E-state index is 10.2. The number of aliphatic hydroxyl groups excluding tert-OH is 3. The molecule has 0 heterocycles. The zero-order valence-electron chi connectivity index (χ0n) is 5.10. The maximum Gasteiger partial charge on any atom is 0.226 e. The highest BCUT2D eigenvalue weighted by molar-refractivity contribution is 6.27. The van der Waals surface area contributed by atoms with Crippen LogP contribution in [0.3, 0.4) is 0 Å². The van der Waals surface area contributed by atoms with E-state index in [1.54, 1.807) is 0 Å². The second kappa shape index (κ2) is 4.10. The first-order valence-corrected chi connectivity index (χ1v) is 2.59. The van der Waals surface area contributed by atoms with Gasteiger partial charge in [-0.2, -0.15) is 0 Å². The topological polar surface area (TPSA) is 94.8 Å². The summed E-state index contributed by atoms with van der Waals surface area (Å²) in [6, 6.07) is 0. The molecule has 0 spiro atoms. The number of hydrogen-bond acceptors (Lipinski definition) is 5. The molecule has 58 valence electrons. The molecule has 0 bridgehead atoms. The summed E-state index contributed by atoms with van der Waals surface area (Å²) in [5, 5.41) is 25.3. The van der Waals surface area contributed by atoms with E-state index in [-0.39, 0.29) is 6.29 Å². The maximum absolute atomic E-state index is 10.2. The van der Waals surface area contributed by atoms with E-state index in [1.165, 1.54) is 0 Å². The lowest BCUT2D eigenvalue weighted by Crippen LogP contribution is -2.36. The van der Waals surface area contributed by atoms with E-state index >= 15 is 0 Å². The van der Waals surface area contributed by atoms with Crippen LogP contribution in [0.1, 0.15) is 0 Å². The summed E-state index contributed by atoms with van der Waals surface area (Å²) in [6.07, 6.45) is -3.48. The van der Waals surface area contributed by atoms with Crippen LogP contribution in [0.15, 0.2) is 0 Å². The fraction of sp³-hybridized carbons (Fsp3) is 0.600. The Balaban J connectivity index is 3.93. The molecular weight excluding hydrogens is 140 g/mol. The predicted octanol–water partition coefficient (Wildman–Crippen LogP) is -2.53. The Morgan fingerprint density at radius 1 is 1.50 bits per heavy atom. The van der Waals surface area contributed by atoms with Crippen molar-refractivity contribution < 1.29 is 24.9 Å². The molecule has 0 saturated heterocycles. The van der Waals surface area contributed by atoms with Gasteiger partial charge in [0.25, 0.3) is 0 Å². The molecule has 3 N–H and O–H groups in total. The molecule has 0 aliphatic rings. The van der Waals surface area contributed by atoms with Gasteiger partial charge in [-0.3, -0.25) is 9.59 Å². The second-order valence-corrected chi connectivity index (χ2v) is 1.71. The number of carbonyl (C=O) groups excluding carboxylic acids is 2. The molecule has 0 aliphatic heterocycles. The van der Waals surface area contributed by atoms with Crippen molar-refractivity contribution in [3.05, 3.63) is 0 Å². The van der Waals surface area contributed by atoms with Gasteiger partial charge in [-0.25, -0.2) is 0 Å². The van der Waals surface area contributed by atoms with Crippen molar-refractivity contribution in [2.45, 2.75) is 12.2 Å². The lowest BCUT2D eigenvalue weighted by molar-refractivity contribution is -0.140. The van der Waals surface area contributed by atoms with Crippen LogP contribution < -0.4 is 0 Å². The van der Waals surface area contributed by atoms with Gasteiger partial charge in [-0.05, 0) is 0 Å². The Kier molecular flexibility index (Phi) is 3.78. The summed E-state index contributed by atoms with van der Waals surface area (Å²) in [5.41, 5.74) is 0. The molecule has 0 aromatic heterocycles. The molecule has 0 aromatic rings. The monoisotopic (exact) mass is 148 g/mol. The minimum Gasteiger partial charge on any atom is -0.394 e. The first-order valence-electron chi connectivity index (χ1n) is 2.59. The number of carbonyl (C=O) groups is 2. The quantitative estimate of drug-likeness (QED) is 0.302. The summed E-state index contributed by atoms with van der Waals surface area (Å²) in [7, 11) is 0. The molecule has 0 rings (SSSR count). The summed E-state index contributed by atoms with van der Waals surface area (Å²) in [4.78, 5) is 19.9. The van der Waals surface area contributed by atoms with Gasteiger partial charge in [0.2, 0.25) is 5.78 Å². The van der Waals surface area contributed by atoms with Gasteiger partial charge in [0.05, 0.1) is 6.61 Å². The van der Waals surface area contributed by atoms with Crippen LogP contribution in [0.5, 0.6) is 0 Å². The molecule has 0 radical (unpaired) electrons. The molecule has 2 atom stereocenters. The lowest BCUT2D eigenvalue weighted by Gasteiger charge is -2.09. The largest absolute Gasteiger partial charge is 0.394 e. The van der Waals surface area contributed by atoms with Crippen LogP contribution in [-0.2, 0) is 9.59 Å². The average molecular weight is 148 g/mol. The van der Waals surface area contributed by atoms with Crippen molar-refractivity contribution in [2.75, 3.05) is 6.61 Å². The normalized spacial score (nSPS) is 15.9. The highest BCUT2D eigenvalue weighted by atomic mass is 16.4. The first kappa shape index (κ1) is 9.22. The summed E-state index contributed by atoms with van der Waals surface area (Å²) in [5.74, 6) is -1.14. The minimum atomic E-state index is -1.80. The third kappa shape index (κ3) is 2.22. The van der Waals surface area contributed by atoms with Crippen molar-refractivity contribution in [3.8, 4) is 0 Å². The van der Waals surface area contributed by atoms with Crippen LogP contribution in [-0.4, -0.2) is 46.2 Å². The average Bonchev–Trinajstić information content (AvgIpc) is 2.00. The van der Waals surface area contributed by atoms with E-state index in [9.17, 15) is 9.59 Å². The van der Waals surface area contributed by atoms with Crippen molar-refractivity contribution in [3.63, 3.8) is 0 Å². The summed E-state index contributed by atoms with van der Waals surface area (Å²) >= 11 is 0. The highest BCUT2D eigenvalue weighted by Crippen LogP contribution is 1.91. The molecule has 5 nitrogen and oxygen atoms in total. The predicted molar refractivity (Wildman–Crippen MR) is 30.2 cm³/mol. The van der Waals surface area contributed by atoms with Gasteiger partial charge < -0.3 is 15.3 Å². The van der Waals surface area contributed by atoms with Gasteiger partial charge in [0.1, 0.15) is 12.2 Å². The van der Waals surface area contributed by atoms with Crippen LogP contribution in [0.2, 0.25) is 0 Å². The van der Waals surface area contributed by atoms with Gasteiger partial charge >= 0.3 is 0 Å². The zero-order chi connectivity index (χ0) is 8.15. The molecule has 5 heteroatoms. The number of Topliss-reactive ketones (excluding diaryl/α,β-unsaturated/α-hetero) is 1. The van der Waals surface area contributed by atoms with E-state index < -0.39 is 24.6 Å². The highest BCUT2D eigenvalue weighted by Gasteiger charge is 2.22. The van der Waals surface area contributed by atoms with Crippen LogP contribution >= 0.6 is 0 Å². The number of rotatable bonds is 4. The molecule has 0 aliphatic carbocycles. The van der Waals surface area contributed by atoms with E-state index in [2.05, 4.69) is 0 Å². The molecule has 0 saturated carbocycles. The Morgan fingerprint density at radius 3 is 2.30 bits per heavy atom. The number of hydrogen-bond donors (Lipinski definition) is 3. The summed E-state index contributed by atoms with van der Waals surface area (Å²) < 4.78 is 0. The van der Waals surface area contributed by atoms with Gasteiger partial charge in [-0.1, -0.05) is 0 Å². The molecule has 0 amide bonds. The minimum absolute atomic E-state index is 0.108. The molecule has 0 fully saturated rings. The Hall–Kier alpha value is -0.780. The van der Waals surface area contributed by atoms with Crippen LogP contribution in [0, 0.1) is 0 Å². The second-order valence-electron chi connectivity index (χ2n) is 1.71. The van der Waals surface area contributed by atoms with Crippen molar-refractivity contribution >= 4 is 12.1 Å². The first-order chi connectivity index (χ1) is 4.63. The molecule has 10 heavy (non-hydrogen) atoms. The smallest absolute Gasteiger partial charge is 0.226 e. The Bertz CT molecular complexity index is 132. The van der Waals surface area contributed by atoms with Crippen molar-refractivity contribution in [2.24, 2.45) is 0 Å². The fourth-order valence-corrected chi connectivity index (χ4v) is 0.359. The SMILES string of the molecule is O=CC(=O)[C@H](O)[C@H](O)CO. The van der Waals surface area contributed by atoms with Crippen LogP contribution in [0.4, 0.5) is 0 Å². The van der Waals surface area contributed by atoms with E-state index in [1.807, 2.05) is 0 Å². The Morgan fingerprint density at radius 2 is 2.00 bits per heavy atom. The number of aldehydes is 1. The Labute approximate surface area is 56.9 Å². The lowest BCUT2D eigenvalue weighted by atomic mass is 10.1. The van der Waals surface area contributed by atoms with E-state index in [0.717, 1.165) is 0 Å². The zero-order valence-corrected chi connectivity index (χ0v) is 5.10. The van der Waals surface area contributed by atoms with Crippen molar-refractivity contribution in [1.29, 1.82) is 0 Å². The third-order valence-corrected chi connectivity index (χ3v) is 0.959. The number of aliphatic hydroxyl groups is 3. The van der Waals surface area contributed by atoms with Crippen LogP contribution in [0.25, 0.3) is 0 Å². The van der Waals surface area contributed by atoms with E-state index in [4.69, 9.17) is 15.3 Å². The van der Waals surface area contributed by atoms with Gasteiger partial charge in [0.15, 0.2) is 6.29 Å². The molecular formula is C5H8O5. The van der Waals surface area contributed by atoms with Gasteiger partial charge in [0, 0.05) is 0 Å². The fourth-order valence-electron chi connectivity index (χ4n) is 0.359. The standard InChI is InChI=1S/C5H8O5/c6-1-3(8)5(10)4(9)2-7/h1,4-5,7,9-10H,2H2/t4-,5+/m1/s1.